The first-order chi connectivity index (χ1) is 8.81. The lowest BCUT2D eigenvalue weighted by Crippen LogP contribution is -2.26. The van der Waals surface area contributed by atoms with Gasteiger partial charge in [-0.3, -0.25) is 4.90 Å². The molecule has 0 radical (unpaired) electrons. The van der Waals surface area contributed by atoms with Crippen molar-refractivity contribution in [2.75, 3.05) is 19.7 Å². The third-order valence-electron chi connectivity index (χ3n) is 2.91. The van der Waals surface area contributed by atoms with Gasteiger partial charge in [0.25, 0.3) is 0 Å². The zero-order valence-corrected chi connectivity index (χ0v) is 11.5. The molecule has 1 fully saturated rings. The van der Waals surface area contributed by atoms with Crippen molar-refractivity contribution in [3.05, 3.63) is 28.7 Å². The molecule has 2 rings (SSSR count). The second kappa shape index (κ2) is 6.99. The van der Waals surface area contributed by atoms with Gasteiger partial charge in [-0.1, -0.05) is 6.08 Å². The van der Waals surface area contributed by atoms with Gasteiger partial charge in [-0.2, -0.15) is 0 Å². The van der Waals surface area contributed by atoms with Crippen molar-refractivity contribution in [1.29, 1.82) is 0 Å². The van der Waals surface area contributed by atoms with Crippen molar-refractivity contribution in [2.45, 2.75) is 32.0 Å². The summed E-state index contributed by atoms with van der Waals surface area (Å²) in [6, 6.07) is 0.726. The Labute approximate surface area is 112 Å². The fraction of sp³-hybridized carbons (Fsp3) is 0.615. The molecule has 4 nitrogen and oxygen atoms in total. The number of nitrogens with one attached hydrogen (secondary N) is 1. The Morgan fingerprint density at radius 2 is 2.44 bits per heavy atom. The summed E-state index contributed by atoms with van der Waals surface area (Å²) in [7, 11) is 0. The fourth-order valence-electron chi connectivity index (χ4n) is 1.81. The zero-order chi connectivity index (χ0) is 12.8. The molecule has 2 N–H and O–H groups in total. The Hall–Kier alpha value is -0.750. The Balaban J connectivity index is 1.81. The molecule has 0 atom stereocenters. The van der Waals surface area contributed by atoms with Crippen molar-refractivity contribution < 1.29 is 5.11 Å². The van der Waals surface area contributed by atoms with Gasteiger partial charge < -0.3 is 10.4 Å². The molecule has 0 aromatic carbocycles. The number of thiazole rings is 1. The van der Waals surface area contributed by atoms with E-state index in [2.05, 4.69) is 27.2 Å². The van der Waals surface area contributed by atoms with Crippen LogP contribution in [0.4, 0.5) is 0 Å². The van der Waals surface area contributed by atoms with Crippen LogP contribution < -0.4 is 5.32 Å². The predicted octanol–water partition coefficient (Wildman–Crippen LogP) is 1.38. The molecule has 1 aromatic heterocycles. The van der Waals surface area contributed by atoms with Crippen LogP contribution in [0.1, 0.15) is 23.5 Å². The van der Waals surface area contributed by atoms with Crippen LogP contribution >= 0.6 is 11.3 Å². The number of aromatic nitrogens is 1. The molecule has 1 heterocycles. The molecule has 5 heteroatoms. The minimum Gasteiger partial charge on any atom is -0.395 e. The molecule has 1 aliphatic rings. The fourth-order valence-corrected chi connectivity index (χ4v) is 2.55. The topological polar surface area (TPSA) is 48.4 Å². The second-order valence-corrected chi connectivity index (χ2v) is 5.58. The Kier molecular flexibility index (Phi) is 5.31. The molecule has 0 bridgehead atoms. The molecular formula is C13H21N3OS. The van der Waals surface area contributed by atoms with Crippen LogP contribution in [0, 0.1) is 0 Å². The standard InChI is InChI=1S/C13H21N3OS/c1-2-5-16(6-7-17)9-12-10-18-13(15-12)8-14-11-3-4-11/h2,10-11,14,17H,1,3-9H2. The summed E-state index contributed by atoms with van der Waals surface area (Å²) in [4.78, 5) is 6.75. The molecule has 0 aliphatic heterocycles. The van der Waals surface area contributed by atoms with E-state index in [9.17, 15) is 0 Å². The SMILES string of the molecule is C=CCN(CCO)Cc1csc(CNC2CC2)n1. The van der Waals surface area contributed by atoms with Crippen molar-refractivity contribution in [1.82, 2.24) is 15.2 Å². The number of hydrogen-bond donors (Lipinski definition) is 2. The predicted molar refractivity (Wildman–Crippen MR) is 74.5 cm³/mol. The lowest BCUT2D eigenvalue weighted by Gasteiger charge is -2.17. The van der Waals surface area contributed by atoms with Gasteiger partial charge in [0.15, 0.2) is 0 Å². The van der Waals surface area contributed by atoms with Gasteiger partial charge in [0.1, 0.15) is 5.01 Å². The van der Waals surface area contributed by atoms with Crippen LogP contribution in [0.15, 0.2) is 18.0 Å². The van der Waals surface area contributed by atoms with Crippen molar-refractivity contribution >= 4 is 11.3 Å². The molecule has 1 aromatic rings. The van der Waals surface area contributed by atoms with Gasteiger partial charge >= 0.3 is 0 Å². The van der Waals surface area contributed by atoms with E-state index in [4.69, 9.17) is 5.11 Å². The van der Waals surface area contributed by atoms with Gasteiger partial charge in [0, 0.05) is 37.6 Å². The van der Waals surface area contributed by atoms with Crippen LogP contribution in [0.25, 0.3) is 0 Å². The number of aliphatic hydroxyl groups excluding tert-OH is 1. The summed E-state index contributed by atoms with van der Waals surface area (Å²) in [5, 5.41) is 15.7. The average molecular weight is 267 g/mol. The molecule has 1 aliphatic carbocycles. The smallest absolute Gasteiger partial charge is 0.107 e. The van der Waals surface area contributed by atoms with Crippen molar-refractivity contribution in [2.24, 2.45) is 0 Å². The zero-order valence-electron chi connectivity index (χ0n) is 10.6. The minimum atomic E-state index is 0.175. The van der Waals surface area contributed by atoms with Crippen LogP contribution in [0.2, 0.25) is 0 Å². The van der Waals surface area contributed by atoms with E-state index in [0.29, 0.717) is 6.54 Å². The number of rotatable bonds is 9. The Bertz CT molecular complexity index is 376. The maximum absolute atomic E-state index is 8.99. The number of hydrogen-bond acceptors (Lipinski definition) is 5. The number of nitrogens with zero attached hydrogens (tertiary/aromatic N) is 2. The van der Waals surface area contributed by atoms with Crippen molar-refractivity contribution in [3.63, 3.8) is 0 Å². The molecule has 0 spiro atoms. The number of aliphatic hydroxyl groups is 1. The summed E-state index contributed by atoms with van der Waals surface area (Å²) in [5.74, 6) is 0. The summed E-state index contributed by atoms with van der Waals surface area (Å²) >= 11 is 1.71. The summed E-state index contributed by atoms with van der Waals surface area (Å²) in [6.45, 7) is 7.03. The lowest BCUT2D eigenvalue weighted by atomic mass is 10.4. The maximum Gasteiger partial charge on any atom is 0.107 e. The van der Waals surface area contributed by atoms with Gasteiger partial charge in [-0.25, -0.2) is 4.98 Å². The summed E-state index contributed by atoms with van der Waals surface area (Å²) < 4.78 is 0. The first kappa shape index (κ1) is 13.7. The molecule has 1 saturated carbocycles. The third-order valence-corrected chi connectivity index (χ3v) is 3.81. The highest BCUT2D eigenvalue weighted by Crippen LogP contribution is 2.20. The highest BCUT2D eigenvalue weighted by Gasteiger charge is 2.20. The second-order valence-electron chi connectivity index (χ2n) is 4.64. The normalized spacial score (nSPS) is 15.2. The highest BCUT2D eigenvalue weighted by atomic mass is 32.1. The van der Waals surface area contributed by atoms with Crippen LogP contribution in [0.5, 0.6) is 0 Å². The largest absolute Gasteiger partial charge is 0.395 e. The quantitative estimate of drug-likeness (QED) is 0.664. The van der Waals surface area contributed by atoms with E-state index in [1.54, 1.807) is 11.3 Å². The van der Waals surface area contributed by atoms with Crippen LogP contribution in [-0.2, 0) is 13.1 Å². The Morgan fingerprint density at radius 1 is 1.61 bits per heavy atom. The summed E-state index contributed by atoms with van der Waals surface area (Å²) in [6.07, 6.45) is 4.47. The first-order valence-electron chi connectivity index (χ1n) is 6.42. The molecule has 18 heavy (non-hydrogen) atoms. The van der Waals surface area contributed by atoms with Gasteiger partial charge in [0.2, 0.25) is 0 Å². The minimum absolute atomic E-state index is 0.175. The van der Waals surface area contributed by atoms with E-state index in [-0.39, 0.29) is 6.61 Å². The van der Waals surface area contributed by atoms with E-state index in [1.807, 2.05) is 6.08 Å². The first-order valence-corrected chi connectivity index (χ1v) is 7.30. The lowest BCUT2D eigenvalue weighted by molar-refractivity contribution is 0.202. The van der Waals surface area contributed by atoms with Crippen molar-refractivity contribution in [3.8, 4) is 0 Å². The maximum atomic E-state index is 8.99. The summed E-state index contributed by atoms with van der Waals surface area (Å²) in [5.41, 5.74) is 1.09. The van der Waals surface area contributed by atoms with Gasteiger partial charge in [-0.15, -0.1) is 17.9 Å². The monoisotopic (exact) mass is 267 g/mol. The molecule has 100 valence electrons. The van der Waals surface area contributed by atoms with E-state index in [1.165, 1.54) is 12.8 Å². The molecular weight excluding hydrogens is 246 g/mol. The molecule has 0 amide bonds. The molecule has 0 unspecified atom stereocenters. The van der Waals surface area contributed by atoms with Gasteiger partial charge in [-0.05, 0) is 12.8 Å². The van der Waals surface area contributed by atoms with E-state index < -0.39 is 0 Å². The average Bonchev–Trinajstić information content (AvgIpc) is 3.08. The van der Waals surface area contributed by atoms with Gasteiger partial charge in [0.05, 0.1) is 12.3 Å². The Morgan fingerprint density at radius 3 is 3.11 bits per heavy atom. The third kappa shape index (κ3) is 4.49. The highest BCUT2D eigenvalue weighted by molar-refractivity contribution is 7.09. The molecule has 0 saturated heterocycles. The van der Waals surface area contributed by atoms with Crippen LogP contribution in [-0.4, -0.2) is 40.7 Å². The van der Waals surface area contributed by atoms with Crippen LogP contribution in [0.3, 0.4) is 0 Å². The van der Waals surface area contributed by atoms with E-state index >= 15 is 0 Å². The van der Waals surface area contributed by atoms with E-state index in [0.717, 1.165) is 36.4 Å².